The second-order valence-corrected chi connectivity index (χ2v) is 7.93. The lowest BCUT2D eigenvalue weighted by atomic mass is 9.84. The first kappa shape index (κ1) is 17.9. The average Bonchev–Trinajstić information content (AvgIpc) is 3.31. The zero-order valence-electron chi connectivity index (χ0n) is 15.7. The van der Waals surface area contributed by atoms with E-state index in [0.717, 1.165) is 11.8 Å². The number of fused-ring (bicyclic) bond motifs is 3. The number of aromatic nitrogens is 2. The van der Waals surface area contributed by atoms with E-state index in [-0.39, 0.29) is 17.6 Å². The molecule has 1 N–H and O–H groups in total. The molecule has 142 valence electrons. The summed E-state index contributed by atoms with van der Waals surface area (Å²) in [6.45, 7) is 3.65. The van der Waals surface area contributed by atoms with Gasteiger partial charge >= 0.3 is 5.97 Å². The molecule has 1 heterocycles. The highest BCUT2D eigenvalue weighted by atomic mass is 16.5. The van der Waals surface area contributed by atoms with Crippen molar-refractivity contribution in [3.8, 4) is 0 Å². The number of rotatable bonds is 5. The van der Waals surface area contributed by atoms with Crippen LogP contribution in [-0.4, -0.2) is 34.0 Å². The van der Waals surface area contributed by atoms with Crippen LogP contribution < -0.4 is 5.32 Å². The summed E-state index contributed by atoms with van der Waals surface area (Å²) in [5, 5.41) is 3.04. The Hall–Kier alpha value is -2.50. The molecule has 2 aliphatic carbocycles. The number of para-hydroxylation sites is 2. The fourth-order valence-electron chi connectivity index (χ4n) is 4.69. The number of hydrogen-bond donors (Lipinski definition) is 1. The third-order valence-electron chi connectivity index (χ3n) is 6.12. The molecular weight excluding hydrogens is 342 g/mol. The lowest BCUT2D eigenvalue weighted by Crippen LogP contribution is -2.45. The van der Waals surface area contributed by atoms with Crippen molar-refractivity contribution in [2.75, 3.05) is 0 Å². The topological polar surface area (TPSA) is 81.2 Å². The van der Waals surface area contributed by atoms with Crippen molar-refractivity contribution in [1.82, 2.24) is 15.3 Å². The second kappa shape index (κ2) is 7.25. The molecule has 0 spiro atoms. The summed E-state index contributed by atoms with van der Waals surface area (Å²) < 4.78 is 5.32. The van der Waals surface area contributed by atoms with Crippen LogP contribution in [0.1, 0.15) is 50.0 Å². The van der Waals surface area contributed by atoms with Crippen molar-refractivity contribution in [3.05, 3.63) is 36.2 Å². The number of amides is 1. The average molecular weight is 367 g/mol. The third-order valence-corrected chi connectivity index (χ3v) is 6.12. The molecule has 0 saturated heterocycles. The zero-order valence-corrected chi connectivity index (χ0v) is 15.7. The van der Waals surface area contributed by atoms with E-state index in [0.29, 0.717) is 17.0 Å². The van der Waals surface area contributed by atoms with Gasteiger partial charge in [0.25, 0.3) is 5.91 Å². The van der Waals surface area contributed by atoms with Crippen molar-refractivity contribution >= 4 is 22.9 Å². The van der Waals surface area contributed by atoms with Gasteiger partial charge in [-0.1, -0.05) is 18.6 Å². The van der Waals surface area contributed by atoms with Gasteiger partial charge in [0.1, 0.15) is 0 Å². The molecule has 0 radical (unpaired) electrons. The Morgan fingerprint density at radius 1 is 1.15 bits per heavy atom. The van der Waals surface area contributed by atoms with Gasteiger partial charge in [0, 0.05) is 6.04 Å². The Labute approximate surface area is 158 Å². The smallest absolute Gasteiger partial charge is 0.359 e. The van der Waals surface area contributed by atoms with Gasteiger partial charge in [-0.3, -0.25) is 9.78 Å². The van der Waals surface area contributed by atoms with E-state index >= 15 is 0 Å². The fourth-order valence-corrected chi connectivity index (χ4v) is 4.69. The predicted molar refractivity (Wildman–Crippen MR) is 101 cm³/mol. The summed E-state index contributed by atoms with van der Waals surface area (Å²) in [5.74, 6) is 1.22. The van der Waals surface area contributed by atoms with Gasteiger partial charge in [-0.05, 0) is 63.0 Å². The molecule has 0 unspecified atom stereocenters. The number of carbonyl (C=O) groups is 2. The molecule has 6 heteroatoms. The quantitative estimate of drug-likeness (QED) is 0.821. The Morgan fingerprint density at radius 3 is 2.63 bits per heavy atom. The summed E-state index contributed by atoms with van der Waals surface area (Å²) >= 11 is 0. The van der Waals surface area contributed by atoms with E-state index in [1.165, 1.54) is 31.9 Å². The minimum absolute atomic E-state index is 0.106. The van der Waals surface area contributed by atoms with Crippen LogP contribution in [0.5, 0.6) is 0 Å². The zero-order chi connectivity index (χ0) is 19.0. The lowest BCUT2D eigenvalue weighted by molar-refractivity contribution is -0.130. The van der Waals surface area contributed by atoms with E-state index in [1.807, 2.05) is 18.2 Å². The molecule has 2 bridgehead atoms. The van der Waals surface area contributed by atoms with Gasteiger partial charge < -0.3 is 10.1 Å². The molecule has 1 aromatic heterocycles. The molecule has 0 aliphatic heterocycles. The van der Waals surface area contributed by atoms with E-state index < -0.39 is 12.1 Å². The van der Waals surface area contributed by atoms with Crippen LogP contribution in [0.25, 0.3) is 11.0 Å². The molecular formula is C21H25N3O3. The second-order valence-electron chi connectivity index (χ2n) is 7.93. The van der Waals surface area contributed by atoms with Crippen LogP contribution in [0.2, 0.25) is 0 Å². The van der Waals surface area contributed by atoms with E-state index in [9.17, 15) is 9.59 Å². The SMILES string of the molecule is C[C@H](OC(=O)c1cnc2ccccc2n1)C(=O)N[C@H](C)[C@@H]1C[C@H]2CC[C@H]1C2. The van der Waals surface area contributed by atoms with Crippen molar-refractivity contribution < 1.29 is 14.3 Å². The molecule has 27 heavy (non-hydrogen) atoms. The maximum atomic E-state index is 12.5. The van der Waals surface area contributed by atoms with Gasteiger partial charge in [0.05, 0.1) is 17.2 Å². The number of nitrogens with zero attached hydrogens (tertiary/aromatic N) is 2. The van der Waals surface area contributed by atoms with Gasteiger partial charge in [0.2, 0.25) is 0 Å². The van der Waals surface area contributed by atoms with E-state index in [4.69, 9.17) is 4.74 Å². The van der Waals surface area contributed by atoms with Crippen LogP contribution in [-0.2, 0) is 9.53 Å². The standard InChI is InChI=1S/C21H25N3O3/c1-12(16-10-14-7-8-15(16)9-14)23-20(25)13(2)27-21(26)19-11-22-17-5-3-4-6-18(17)24-19/h3-6,11-16H,7-10H2,1-2H3,(H,23,25)/t12-,13+,14+,15+,16+/m1/s1. The van der Waals surface area contributed by atoms with Crippen LogP contribution in [0, 0.1) is 17.8 Å². The normalized spacial score (nSPS) is 25.9. The van der Waals surface area contributed by atoms with Gasteiger partial charge in [-0.2, -0.15) is 0 Å². The Balaban J connectivity index is 1.35. The number of carbonyl (C=O) groups excluding carboxylic acids is 2. The van der Waals surface area contributed by atoms with E-state index in [1.54, 1.807) is 13.0 Å². The molecule has 5 atom stereocenters. The van der Waals surface area contributed by atoms with E-state index in [2.05, 4.69) is 22.2 Å². The molecule has 2 aliphatic rings. The van der Waals surface area contributed by atoms with Crippen LogP contribution >= 0.6 is 0 Å². The summed E-state index contributed by atoms with van der Waals surface area (Å²) in [7, 11) is 0. The third kappa shape index (κ3) is 3.66. The van der Waals surface area contributed by atoms with Crippen LogP contribution in [0.3, 0.4) is 0 Å². The number of nitrogens with one attached hydrogen (secondary N) is 1. The lowest BCUT2D eigenvalue weighted by Gasteiger charge is -2.29. The minimum Gasteiger partial charge on any atom is -0.448 e. The van der Waals surface area contributed by atoms with Crippen LogP contribution in [0.4, 0.5) is 0 Å². The highest BCUT2D eigenvalue weighted by molar-refractivity contribution is 5.92. The summed E-state index contributed by atoms with van der Waals surface area (Å²) in [5.41, 5.74) is 1.43. The van der Waals surface area contributed by atoms with Crippen LogP contribution in [0.15, 0.2) is 30.5 Å². The maximum absolute atomic E-state index is 12.5. The first-order chi connectivity index (χ1) is 13.0. The first-order valence-electron chi connectivity index (χ1n) is 9.74. The molecule has 1 amide bonds. The Kier molecular flexibility index (Phi) is 4.81. The molecule has 2 saturated carbocycles. The van der Waals surface area contributed by atoms with Gasteiger partial charge in [-0.25, -0.2) is 9.78 Å². The van der Waals surface area contributed by atoms with Crippen molar-refractivity contribution in [2.45, 2.75) is 51.7 Å². The summed E-state index contributed by atoms with van der Waals surface area (Å²) in [6.07, 6.45) is 5.63. The number of hydrogen-bond acceptors (Lipinski definition) is 5. The minimum atomic E-state index is -0.869. The Morgan fingerprint density at radius 2 is 1.93 bits per heavy atom. The monoisotopic (exact) mass is 367 g/mol. The predicted octanol–water partition coefficient (Wildman–Crippen LogP) is 3.12. The maximum Gasteiger partial charge on any atom is 0.359 e. The number of ether oxygens (including phenoxy) is 1. The highest BCUT2D eigenvalue weighted by Crippen LogP contribution is 2.49. The molecule has 1 aromatic carbocycles. The molecule has 4 rings (SSSR count). The van der Waals surface area contributed by atoms with Crippen molar-refractivity contribution in [2.24, 2.45) is 17.8 Å². The fraction of sp³-hybridized carbons (Fsp3) is 0.524. The molecule has 6 nitrogen and oxygen atoms in total. The number of benzene rings is 1. The molecule has 2 aromatic rings. The summed E-state index contributed by atoms with van der Waals surface area (Å²) in [4.78, 5) is 33.3. The summed E-state index contributed by atoms with van der Waals surface area (Å²) in [6, 6.07) is 7.41. The van der Waals surface area contributed by atoms with Crippen molar-refractivity contribution in [1.29, 1.82) is 0 Å². The number of esters is 1. The Bertz CT molecular complexity index is 869. The highest BCUT2D eigenvalue weighted by Gasteiger charge is 2.42. The van der Waals surface area contributed by atoms with Crippen molar-refractivity contribution in [3.63, 3.8) is 0 Å². The van der Waals surface area contributed by atoms with Gasteiger partial charge in [-0.15, -0.1) is 0 Å². The molecule has 2 fully saturated rings. The first-order valence-corrected chi connectivity index (χ1v) is 9.74. The largest absolute Gasteiger partial charge is 0.448 e. The van der Waals surface area contributed by atoms with Gasteiger partial charge in [0.15, 0.2) is 11.8 Å².